The third kappa shape index (κ3) is 7.79. The highest BCUT2D eigenvalue weighted by atomic mass is 19.1. The van der Waals surface area contributed by atoms with Crippen LogP contribution in [-0.4, -0.2) is 120 Å². The Labute approximate surface area is 312 Å². The number of amides is 4. The van der Waals surface area contributed by atoms with E-state index in [0.29, 0.717) is 59.5 Å². The fraction of sp³-hybridized carbons (Fsp3) is 0.553. The van der Waals surface area contributed by atoms with Crippen molar-refractivity contribution < 1.29 is 42.2 Å². The maximum Gasteiger partial charge on any atom is 0.414 e. The van der Waals surface area contributed by atoms with Gasteiger partial charge in [-0.25, -0.2) is 18.4 Å². The van der Waals surface area contributed by atoms with Crippen molar-refractivity contribution in [2.45, 2.75) is 26.1 Å². The van der Waals surface area contributed by atoms with Gasteiger partial charge in [-0.3, -0.25) is 19.4 Å². The van der Waals surface area contributed by atoms with Crippen molar-refractivity contribution in [2.24, 2.45) is 35.5 Å². The number of carbonyl (C=O) groups excluding carboxylic acids is 5. The number of aldehydes is 1. The molecule has 4 aliphatic heterocycles. The summed E-state index contributed by atoms with van der Waals surface area (Å²) >= 11 is 0. The first kappa shape index (κ1) is 37.3. The summed E-state index contributed by atoms with van der Waals surface area (Å²) in [4.78, 5) is 66.0. The van der Waals surface area contributed by atoms with Crippen LogP contribution in [0.1, 0.15) is 13.8 Å². The van der Waals surface area contributed by atoms with Crippen molar-refractivity contribution in [3.05, 3.63) is 48.0 Å². The predicted molar refractivity (Wildman–Crippen MR) is 195 cm³/mol. The molecule has 0 spiro atoms. The molecule has 2 saturated carbocycles. The lowest BCUT2D eigenvalue weighted by Crippen LogP contribution is -2.33. The number of hydrogen-bond donors (Lipinski definition) is 2. The van der Waals surface area contributed by atoms with Crippen molar-refractivity contribution in [2.75, 3.05) is 92.6 Å². The molecular formula is C38H47F2N7O7. The minimum absolute atomic E-state index is 0.133. The minimum Gasteiger partial charge on any atom is -0.442 e. The third-order valence-corrected chi connectivity index (χ3v) is 11.4. The largest absolute Gasteiger partial charge is 0.442 e. The Morgan fingerprint density at radius 2 is 1.17 bits per heavy atom. The Hall–Kier alpha value is -4.99. The molecule has 0 bridgehead atoms. The molecule has 0 aromatic heterocycles. The van der Waals surface area contributed by atoms with Crippen LogP contribution in [0.3, 0.4) is 0 Å². The Morgan fingerprint density at radius 3 is 1.54 bits per heavy atom. The first-order chi connectivity index (χ1) is 25.8. The van der Waals surface area contributed by atoms with E-state index in [1.807, 2.05) is 4.90 Å². The van der Waals surface area contributed by atoms with Crippen LogP contribution >= 0.6 is 0 Å². The van der Waals surface area contributed by atoms with Crippen LogP contribution in [0.15, 0.2) is 36.4 Å². The minimum atomic E-state index is -0.552. The Bertz CT molecular complexity index is 1790. The zero-order chi connectivity index (χ0) is 38.4. The number of anilines is 4. The molecule has 2 aliphatic carbocycles. The molecule has 16 heteroatoms. The van der Waals surface area contributed by atoms with Crippen LogP contribution in [0.25, 0.3) is 0 Å². The smallest absolute Gasteiger partial charge is 0.414 e. The summed E-state index contributed by atoms with van der Waals surface area (Å²) < 4.78 is 39.9. The average Bonchev–Trinajstić information content (AvgIpc) is 3.55. The van der Waals surface area contributed by atoms with E-state index < -0.39 is 30.2 Å². The van der Waals surface area contributed by atoms with E-state index in [1.54, 1.807) is 24.3 Å². The summed E-state index contributed by atoms with van der Waals surface area (Å²) in [5, 5.41) is 5.24. The molecule has 8 rings (SSSR count). The molecule has 2 unspecified atom stereocenters. The van der Waals surface area contributed by atoms with Gasteiger partial charge in [-0.2, -0.15) is 0 Å². The second kappa shape index (κ2) is 15.0. The van der Waals surface area contributed by atoms with Gasteiger partial charge in [0.05, 0.1) is 48.9 Å². The van der Waals surface area contributed by atoms with E-state index in [0.717, 1.165) is 31.8 Å². The highest BCUT2D eigenvalue weighted by Crippen LogP contribution is 2.53. The molecule has 6 fully saturated rings. The molecule has 14 nitrogen and oxygen atoms in total. The van der Waals surface area contributed by atoms with Crippen molar-refractivity contribution >= 4 is 53.0 Å². The molecule has 2 aromatic carbocycles. The van der Waals surface area contributed by atoms with Crippen LogP contribution in [0.5, 0.6) is 0 Å². The Balaban J connectivity index is 0.000000167. The van der Waals surface area contributed by atoms with E-state index >= 15 is 0 Å². The number of halogens is 2. The van der Waals surface area contributed by atoms with Gasteiger partial charge >= 0.3 is 12.2 Å². The second-order valence-electron chi connectivity index (χ2n) is 15.5. The Morgan fingerprint density at radius 1 is 0.741 bits per heavy atom. The van der Waals surface area contributed by atoms with Gasteiger partial charge in [0.1, 0.15) is 30.1 Å². The fourth-order valence-electron chi connectivity index (χ4n) is 8.54. The topological polar surface area (TPSA) is 144 Å². The molecule has 54 heavy (non-hydrogen) atoms. The number of hydrogen-bond acceptors (Lipinski definition) is 10. The van der Waals surface area contributed by atoms with Crippen LogP contribution < -0.4 is 30.2 Å². The summed E-state index contributed by atoms with van der Waals surface area (Å²) in [5.41, 5.74) is 2.00. The molecule has 0 radical (unpaired) electrons. The van der Waals surface area contributed by atoms with Gasteiger partial charge in [-0.05, 0) is 80.1 Å². The van der Waals surface area contributed by atoms with Gasteiger partial charge in [0.15, 0.2) is 0 Å². The Kier molecular flexibility index (Phi) is 10.4. The van der Waals surface area contributed by atoms with E-state index in [1.165, 1.54) is 35.8 Å². The van der Waals surface area contributed by atoms with Crippen LogP contribution in [-0.2, 0) is 23.9 Å². The van der Waals surface area contributed by atoms with E-state index in [2.05, 4.69) is 34.5 Å². The first-order valence-electron chi connectivity index (χ1n) is 18.5. The maximum absolute atomic E-state index is 14.8. The lowest BCUT2D eigenvalue weighted by molar-refractivity contribution is -0.120. The second-order valence-corrected chi connectivity index (χ2v) is 15.5. The predicted octanol–water partition coefficient (Wildman–Crippen LogP) is 2.70. The number of carbonyl (C=O) groups is 5. The fourth-order valence-corrected chi connectivity index (χ4v) is 8.54. The van der Waals surface area contributed by atoms with E-state index in [4.69, 9.17) is 9.47 Å². The summed E-state index contributed by atoms with van der Waals surface area (Å²) in [6.45, 7) is 8.09. The molecule has 6 aliphatic rings. The van der Waals surface area contributed by atoms with Crippen LogP contribution in [0.2, 0.25) is 0 Å². The van der Waals surface area contributed by atoms with Crippen LogP contribution in [0.4, 0.5) is 41.1 Å². The normalized spacial score (nSPS) is 28.9. The highest BCUT2D eigenvalue weighted by Gasteiger charge is 2.56. The van der Waals surface area contributed by atoms with Gasteiger partial charge in [0.2, 0.25) is 11.8 Å². The highest BCUT2D eigenvalue weighted by molar-refractivity contribution is 5.91. The molecular weight excluding hydrogens is 704 g/mol. The zero-order valence-electron chi connectivity index (χ0n) is 30.9. The van der Waals surface area contributed by atoms with Gasteiger partial charge in [0.25, 0.3) is 0 Å². The standard InChI is InChI=1S/C20H27FN4O3.C18H20FN3O4/c1-12(26)22-7-14-8-25(20(27)28-14)13-4-5-19(18(21)6-13)24-10-16-15(9-23(2)3)17(16)11-24;1-10(24)20-5-12-6-22(18(25)26-12)11-2-3-17(16(19)4-11)21-7-13-14(8-21)15(13)9-23/h4-6,14-17H,7-11H2,1-3H3,(H,22,26);2-4,9,12-15H,5-8H2,1H3,(H,20,24)/t14-,15?,16-,17+;12-,13-,14+,15?/m00/s1. The molecule has 4 amide bonds. The average molecular weight is 752 g/mol. The lowest BCUT2D eigenvalue weighted by atomic mass is 10.2. The summed E-state index contributed by atoms with van der Waals surface area (Å²) in [5.74, 6) is 1.77. The molecule has 8 atom stereocenters. The third-order valence-electron chi connectivity index (χ3n) is 11.4. The number of benzene rings is 2. The van der Waals surface area contributed by atoms with Crippen LogP contribution in [0, 0.1) is 47.1 Å². The lowest BCUT2D eigenvalue weighted by Gasteiger charge is -2.24. The van der Waals surface area contributed by atoms with E-state index in [-0.39, 0.29) is 49.7 Å². The monoisotopic (exact) mass is 751 g/mol. The number of piperidine rings is 2. The summed E-state index contributed by atoms with van der Waals surface area (Å²) in [6.07, 6.45) is -0.957. The first-order valence-corrected chi connectivity index (χ1v) is 18.5. The number of nitrogens with zero attached hydrogens (tertiary/aromatic N) is 5. The number of fused-ring (bicyclic) bond motifs is 2. The van der Waals surface area contributed by atoms with E-state index in [9.17, 15) is 32.8 Å². The SMILES string of the molecule is CC(=O)NC[C@H]1CN(c2ccc(N3C[C@@H]4C(C=O)[C@@H]4C3)c(F)c2)C(=O)O1.CC(=O)NC[C@H]1CN(c2ccc(N3C[C@@H]4C(CN(C)C)[C@@H]4C3)c(F)c2)C(=O)O1. The quantitative estimate of drug-likeness (QED) is 0.329. The van der Waals surface area contributed by atoms with Crippen molar-refractivity contribution in [1.29, 1.82) is 0 Å². The van der Waals surface area contributed by atoms with Crippen molar-refractivity contribution in [3.8, 4) is 0 Å². The van der Waals surface area contributed by atoms with Gasteiger partial charge in [-0.1, -0.05) is 0 Å². The number of ether oxygens (including phenoxy) is 2. The number of nitrogens with one attached hydrogen (secondary N) is 2. The van der Waals surface area contributed by atoms with Crippen molar-refractivity contribution in [3.63, 3.8) is 0 Å². The summed E-state index contributed by atoms with van der Waals surface area (Å²) in [7, 11) is 4.18. The molecule has 4 saturated heterocycles. The molecule has 290 valence electrons. The zero-order valence-corrected chi connectivity index (χ0v) is 30.9. The molecule has 2 aromatic rings. The summed E-state index contributed by atoms with van der Waals surface area (Å²) in [6, 6.07) is 9.62. The number of rotatable bonds is 11. The molecule has 2 N–H and O–H groups in total. The van der Waals surface area contributed by atoms with Gasteiger partial charge in [0, 0.05) is 52.5 Å². The van der Waals surface area contributed by atoms with Crippen molar-refractivity contribution in [1.82, 2.24) is 15.5 Å². The van der Waals surface area contributed by atoms with Gasteiger partial charge < -0.3 is 39.6 Å². The van der Waals surface area contributed by atoms with Gasteiger partial charge in [-0.15, -0.1) is 0 Å². The molecule has 4 heterocycles. The number of cyclic esters (lactones) is 2. The maximum atomic E-state index is 14.8.